The second-order valence-corrected chi connectivity index (χ2v) is 7.15. The van der Waals surface area contributed by atoms with Gasteiger partial charge in [-0.05, 0) is 56.3 Å². The van der Waals surface area contributed by atoms with Gasteiger partial charge in [-0.1, -0.05) is 12.1 Å². The Morgan fingerprint density at radius 3 is 2.44 bits per heavy atom. The van der Waals surface area contributed by atoms with Crippen molar-refractivity contribution < 1.29 is 13.2 Å². The van der Waals surface area contributed by atoms with Crippen LogP contribution >= 0.6 is 24.0 Å². The Hall–Kier alpha value is -1.03. The molecule has 2 aliphatic rings. The van der Waals surface area contributed by atoms with Gasteiger partial charge in [-0.3, -0.25) is 0 Å². The van der Waals surface area contributed by atoms with Crippen molar-refractivity contribution in [1.29, 1.82) is 0 Å². The molecule has 1 aromatic carbocycles. The molecule has 2 fully saturated rings. The monoisotopic (exact) mass is 496 g/mol. The molecule has 4 nitrogen and oxygen atoms in total. The summed E-state index contributed by atoms with van der Waals surface area (Å²) in [5.41, 5.74) is 0.132. The summed E-state index contributed by atoms with van der Waals surface area (Å²) in [7, 11) is 0. The van der Waals surface area contributed by atoms with Gasteiger partial charge >= 0.3 is 6.18 Å². The Bertz CT molecular complexity index is 614. The second-order valence-electron chi connectivity index (χ2n) is 7.15. The topological polar surface area (TPSA) is 39.7 Å². The van der Waals surface area contributed by atoms with Crippen LogP contribution in [0.4, 0.5) is 13.2 Å². The minimum atomic E-state index is -4.30. The lowest BCUT2D eigenvalue weighted by atomic mass is 10.1. The van der Waals surface area contributed by atoms with Gasteiger partial charge in [0.2, 0.25) is 0 Å². The van der Waals surface area contributed by atoms with Crippen molar-refractivity contribution in [3.05, 3.63) is 35.4 Å². The molecule has 1 atom stereocenters. The smallest absolute Gasteiger partial charge is 0.357 e. The molecular formula is C19H28F3IN4. The average molecular weight is 496 g/mol. The molecule has 1 heterocycles. The Balaban J connectivity index is 0.00000261. The molecule has 27 heavy (non-hydrogen) atoms. The summed E-state index contributed by atoms with van der Waals surface area (Å²) in [4.78, 5) is 7.08. The predicted octanol–water partition coefficient (Wildman–Crippen LogP) is 3.86. The van der Waals surface area contributed by atoms with E-state index in [1.165, 1.54) is 37.9 Å². The molecule has 1 aliphatic carbocycles. The standard InChI is InChI=1S/C19H27F3N4.HI/c1-2-23-18(25-12-15-9-10-26(13-15)17-7-8-17)24-11-14-3-5-16(6-4-14)19(20,21)22;/h3-6,15,17H,2,7-13H2,1H3,(H2,23,24,25);1H. The van der Waals surface area contributed by atoms with Crippen molar-refractivity contribution >= 4 is 29.9 Å². The van der Waals surface area contributed by atoms with Gasteiger partial charge in [0.1, 0.15) is 0 Å². The molecule has 1 unspecified atom stereocenters. The van der Waals surface area contributed by atoms with Gasteiger partial charge < -0.3 is 15.5 Å². The van der Waals surface area contributed by atoms with Gasteiger partial charge in [0, 0.05) is 25.7 Å². The highest BCUT2D eigenvalue weighted by molar-refractivity contribution is 14.0. The van der Waals surface area contributed by atoms with Crippen LogP contribution in [-0.2, 0) is 12.7 Å². The Labute approximate surface area is 176 Å². The van der Waals surface area contributed by atoms with Crippen LogP contribution < -0.4 is 10.6 Å². The number of benzene rings is 1. The van der Waals surface area contributed by atoms with E-state index in [-0.39, 0.29) is 24.0 Å². The van der Waals surface area contributed by atoms with Gasteiger partial charge in [0.25, 0.3) is 0 Å². The number of nitrogens with one attached hydrogen (secondary N) is 2. The Morgan fingerprint density at radius 2 is 1.85 bits per heavy atom. The van der Waals surface area contributed by atoms with Gasteiger partial charge in [0.15, 0.2) is 5.96 Å². The van der Waals surface area contributed by atoms with Crippen LogP contribution in [0.3, 0.4) is 0 Å². The SMILES string of the molecule is CCNC(=NCc1ccc(C(F)(F)F)cc1)NCC1CCN(C2CC2)C1.I. The molecule has 0 radical (unpaired) electrons. The zero-order valence-corrected chi connectivity index (χ0v) is 17.9. The van der Waals surface area contributed by atoms with Crippen molar-refractivity contribution in [3.8, 4) is 0 Å². The number of nitrogens with zero attached hydrogens (tertiary/aromatic N) is 2. The first-order chi connectivity index (χ1) is 12.5. The Kier molecular flexibility index (Phi) is 8.20. The van der Waals surface area contributed by atoms with Gasteiger partial charge in [-0.15, -0.1) is 24.0 Å². The van der Waals surface area contributed by atoms with Crippen LogP contribution in [0.15, 0.2) is 29.3 Å². The third kappa shape index (κ3) is 6.81. The predicted molar refractivity (Wildman–Crippen MR) is 112 cm³/mol. The summed E-state index contributed by atoms with van der Waals surface area (Å²) in [6, 6.07) is 6.01. The van der Waals surface area contributed by atoms with E-state index in [4.69, 9.17) is 0 Å². The number of likely N-dealkylation sites (tertiary alicyclic amines) is 1. The molecule has 8 heteroatoms. The van der Waals surface area contributed by atoms with E-state index >= 15 is 0 Å². The highest BCUT2D eigenvalue weighted by Gasteiger charge is 2.34. The molecule has 3 rings (SSSR count). The van der Waals surface area contributed by atoms with Gasteiger partial charge in [-0.2, -0.15) is 13.2 Å². The maximum absolute atomic E-state index is 12.6. The van der Waals surface area contributed by atoms with E-state index in [0.717, 1.165) is 49.3 Å². The number of aliphatic imine (C=N–C) groups is 1. The summed E-state index contributed by atoms with van der Waals surface area (Å²) in [5.74, 6) is 1.35. The minimum absolute atomic E-state index is 0. The molecule has 1 saturated heterocycles. The number of halogens is 4. The normalized spacial score (nSPS) is 21.0. The molecule has 1 aromatic rings. The van der Waals surface area contributed by atoms with Crippen LogP contribution in [0, 0.1) is 5.92 Å². The molecule has 0 aromatic heterocycles. The third-order valence-corrected chi connectivity index (χ3v) is 4.98. The highest BCUT2D eigenvalue weighted by Crippen LogP contribution is 2.31. The van der Waals surface area contributed by atoms with Crippen LogP contribution in [0.25, 0.3) is 0 Å². The fourth-order valence-corrected chi connectivity index (χ4v) is 3.35. The van der Waals surface area contributed by atoms with E-state index in [0.29, 0.717) is 12.5 Å². The first-order valence-electron chi connectivity index (χ1n) is 9.38. The third-order valence-electron chi connectivity index (χ3n) is 4.98. The summed E-state index contributed by atoms with van der Waals surface area (Å²) in [5, 5.41) is 6.58. The summed E-state index contributed by atoms with van der Waals surface area (Å²) in [6.07, 6.45) is -0.398. The van der Waals surface area contributed by atoms with Crippen molar-refractivity contribution in [3.63, 3.8) is 0 Å². The van der Waals surface area contributed by atoms with Crippen LogP contribution in [0.1, 0.15) is 37.3 Å². The maximum Gasteiger partial charge on any atom is 0.416 e. The summed E-state index contributed by atoms with van der Waals surface area (Å²) in [6.45, 7) is 6.32. The fourth-order valence-electron chi connectivity index (χ4n) is 3.35. The van der Waals surface area contributed by atoms with E-state index in [1.54, 1.807) is 0 Å². The van der Waals surface area contributed by atoms with Crippen LogP contribution in [0.5, 0.6) is 0 Å². The molecule has 0 amide bonds. The molecule has 0 bridgehead atoms. The van der Waals surface area contributed by atoms with Crippen molar-refractivity contribution in [1.82, 2.24) is 15.5 Å². The van der Waals surface area contributed by atoms with Crippen molar-refractivity contribution in [2.75, 3.05) is 26.2 Å². The molecule has 1 aliphatic heterocycles. The minimum Gasteiger partial charge on any atom is -0.357 e. The molecular weight excluding hydrogens is 468 g/mol. The summed E-state index contributed by atoms with van der Waals surface area (Å²) < 4.78 is 37.8. The molecule has 2 N–H and O–H groups in total. The van der Waals surface area contributed by atoms with Crippen LogP contribution in [-0.4, -0.2) is 43.1 Å². The maximum atomic E-state index is 12.6. The van der Waals surface area contributed by atoms with Gasteiger partial charge in [-0.25, -0.2) is 4.99 Å². The first kappa shape index (κ1) is 22.3. The second kappa shape index (κ2) is 9.95. The van der Waals surface area contributed by atoms with E-state index in [1.807, 2.05) is 6.92 Å². The number of hydrogen-bond donors (Lipinski definition) is 2. The first-order valence-corrected chi connectivity index (χ1v) is 9.38. The molecule has 0 spiro atoms. The average Bonchev–Trinajstić information content (AvgIpc) is 3.35. The number of alkyl halides is 3. The number of hydrogen-bond acceptors (Lipinski definition) is 2. The largest absolute Gasteiger partial charge is 0.416 e. The van der Waals surface area contributed by atoms with Crippen LogP contribution in [0.2, 0.25) is 0 Å². The molecule has 152 valence electrons. The lowest BCUT2D eigenvalue weighted by molar-refractivity contribution is -0.137. The van der Waals surface area contributed by atoms with Gasteiger partial charge in [0.05, 0.1) is 12.1 Å². The summed E-state index contributed by atoms with van der Waals surface area (Å²) >= 11 is 0. The Morgan fingerprint density at radius 1 is 1.15 bits per heavy atom. The van der Waals surface area contributed by atoms with E-state index in [2.05, 4.69) is 20.5 Å². The lowest BCUT2D eigenvalue weighted by Crippen LogP contribution is -2.40. The van der Waals surface area contributed by atoms with Crippen molar-refractivity contribution in [2.45, 2.75) is 44.9 Å². The number of rotatable bonds is 6. The highest BCUT2D eigenvalue weighted by atomic mass is 127. The zero-order valence-electron chi connectivity index (χ0n) is 15.6. The number of guanidine groups is 1. The lowest BCUT2D eigenvalue weighted by Gasteiger charge is -2.17. The van der Waals surface area contributed by atoms with E-state index in [9.17, 15) is 13.2 Å². The zero-order chi connectivity index (χ0) is 18.6. The molecule has 1 saturated carbocycles. The quantitative estimate of drug-likeness (QED) is 0.357. The van der Waals surface area contributed by atoms with Crippen molar-refractivity contribution in [2.24, 2.45) is 10.9 Å². The fraction of sp³-hybridized carbons (Fsp3) is 0.632. The van der Waals surface area contributed by atoms with E-state index < -0.39 is 11.7 Å².